The Morgan fingerprint density at radius 3 is 2.61 bits per heavy atom. The molecule has 3 aromatic heterocycles. The van der Waals surface area contributed by atoms with Gasteiger partial charge in [0.1, 0.15) is 11.5 Å². The van der Waals surface area contributed by atoms with Gasteiger partial charge in [-0.05, 0) is 67.8 Å². The minimum atomic E-state index is -0.710. The zero-order valence-corrected chi connectivity index (χ0v) is 24.0. The van der Waals surface area contributed by atoms with Crippen molar-refractivity contribution in [1.29, 1.82) is 0 Å². The Bertz CT molecular complexity index is 1520. The minimum Gasteiger partial charge on any atom is -0.438 e. The molecule has 4 aromatic rings. The number of aryl methyl sites for hydroxylation is 2. The molecule has 1 aliphatic heterocycles. The number of carbonyl (C=O) groups excluding carboxylic acids is 2. The van der Waals surface area contributed by atoms with E-state index in [9.17, 15) is 9.59 Å². The molecule has 41 heavy (non-hydrogen) atoms. The van der Waals surface area contributed by atoms with Gasteiger partial charge in [-0.2, -0.15) is 5.10 Å². The van der Waals surface area contributed by atoms with Gasteiger partial charge in [0.15, 0.2) is 0 Å². The molecule has 5 rings (SSSR count). The maximum atomic E-state index is 13.9. The summed E-state index contributed by atoms with van der Waals surface area (Å²) in [6, 6.07) is 11.3. The van der Waals surface area contributed by atoms with Crippen LogP contribution < -0.4 is 10.2 Å². The maximum Gasteiger partial charge on any atom is 0.310 e. The highest BCUT2D eigenvalue weighted by molar-refractivity contribution is 6.06. The quantitative estimate of drug-likeness (QED) is 0.323. The minimum absolute atomic E-state index is 0.0188. The molecule has 1 amide bonds. The van der Waals surface area contributed by atoms with E-state index in [1.54, 1.807) is 44.9 Å². The van der Waals surface area contributed by atoms with Crippen molar-refractivity contribution in [3.63, 3.8) is 0 Å². The second-order valence-corrected chi connectivity index (χ2v) is 10.6. The van der Waals surface area contributed by atoms with Crippen molar-refractivity contribution in [2.45, 2.75) is 52.8 Å². The van der Waals surface area contributed by atoms with Crippen LogP contribution >= 0.6 is 0 Å². The molecule has 0 bridgehead atoms. The Balaban J connectivity index is 1.41. The molecule has 12 heteroatoms. The predicted molar refractivity (Wildman–Crippen MR) is 153 cm³/mol. The third-order valence-electron chi connectivity index (χ3n) is 7.17. The smallest absolute Gasteiger partial charge is 0.310 e. The summed E-state index contributed by atoms with van der Waals surface area (Å²) in [5, 5.41) is 20.6. The monoisotopic (exact) mass is 557 g/mol. The number of carbonyl (C=O) groups is 2. The first-order valence-corrected chi connectivity index (χ1v) is 13.8. The van der Waals surface area contributed by atoms with Crippen LogP contribution in [0.5, 0.6) is 0 Å². The first-order valence-electron chi connectivity index (χ1n) is 13.8. The van der Waals surface area contributed by atoms with Crippen molar-refractivity contribution in [2.24, 2.45) is 13.0 Å². The Kier molecular flexibility index (Phi) is 8.20. The molecule has 2 atom stereocenters. The number of nitrogens with one attached hydrogen (secondary N) is 1. The molecule has 0 saturated carbocycles. The number of piperidine rings is 1. The zero-order chi connectivity index (χ0) is 29.1. The summed E-state index contributed by atoms with van der Waals surface area (Å²) < 4.78 is 7.07. The molecule has 0 spiro atoms. The molecule has 1 saturated heterocycles. The van der Waals surface area contributed by atoms with Crippen LogP contribution in [0.1, 0.15) is 55.8 Å². The standard InChI is InChI=1S/C29H35N9O3/c1-18(2)29(40)41-20(4)38-34-26(33-35-38)25-24(17-32-36(25)5)21-10-12-22(13-11-21)28(39)37(23-9-7-14-30-16-23)27-19(3)8-6-15-31-27/h6,8,10-13,15,17-18,20,23,30H,7,9,14,16H2,1-5H3/t20-,23-/m1/s1. The number of nitrogens with zero attached hydrogens (tertiary/aromatic N) is 8. The molecular weight excluding hydrogens is 522 g/mol. The summed E-state index contributed by atoms with van der Waals surface area (Å²) in [7, 11) is 1.80. The number of pyridine rings is 1. The first-order chi connectivity index (χ1) is 19.7. The van der Waals surface area contributed by atoms with Crippen molar-refractivity contribution >= 4 is 17.7 Å². The average Bonchev–Trinajstić information content (AvgIpc) is 3.61. The predicted octanol–water partition coefficient (Wildman–Crippen LogP) is 3.56. The van der Waals surface area contributed by atoms with Crippen molar-refractivity contribution in [2.75, 3.05) is 18.0 Å². The van der Waals surface area contributed by atoms with Gasteiger partial charge < -0.3 is 10.1 Å². The van der Waals surface area contributed by atoms with Gasteiger partial charge in [0, 0.05) is 30.9 Å². The van der Waals surface area contributed by atoms with Crippen molar-refractivity contribution in [3.8, 4) is 22.6 Å². The van der Waals surface area contributed by atoms with Gasteiger partial charge in [-0.3, -0.25) is 19.2 Å². The van der Waals surface area contributed by atoms with E-state index in [1.165, 1.54) is 4.80 Å². The third-order valence-corrected chi connectivity index (χ3v) is 7.17. The van der Waals surface area contributed by atoms with Crippen molar-refractivity contribution in [1.82, 2.24) is 40.3 Å². The van der Waals surface area contributed by atoms with Gasteiger partial charge in [-0.25, -0.2) is 4.98 Å². The van der Waals surface area contributed by atoms with E-state index in [2.05, 4.69) is 30.8 Å². The van der Waals surface area contributed by atoms with E-state index in [-0.39, 0.29) is 23.8 Å². The number of hydrogen-bond donors (Lipinski definition) is 1. The number of amides is 1. The number of benzene rings is 1. The highest BCUT2D eigenvalue weighted by atomic mass is 16.6. The summed E-state index contributed by atoms with van der Waals surface area (Å²) in [4.78, 5) is 33.6. The van der Waals surface area contributed by atoms with Crippen LogP contribution in [0, 0.1) is 12.8 Å². The average molecular weight is 558 g/mol. The number of hydrogen-bond acceptors (Lipinski definition) is 9. The van der Waals surface area contributed by atoms with Crippen molar-refractivity contribution in [3.05, 3.63) is 59.9 Å². The number of esters is 1. The van der Waals surface area contributed by atoms with Gasteiger partial charge in [0.25, 0.3) is 5.91 Å². The molecule has 1 fully saturated rings. The van der Waals surface area contributed by atoms with Crippen LogP contribution in [0.3, 0.4) is 0 Å². The normalized spacial score (nSPS) is 16.0. The molecule has 4 heterocycles. The summed E-state index contributed by atoms with van der Waals surface area (Å²) >= 11 is 0. The summed E-state index contributed by atoms with van der Waals surface area (Å²) in [5.74, 6) is 0.330. The molecule has 1 aromatic carbocycles. The fourth-order valence-electron chi connectivity index (χ4n) is 4.89. The van der Waals surface area contributed by atoms with E-state index >= 15 is 0 Å². The van der Waals surface area contributed by atoms with E-state index in [0.717, 1.165) is 42.6 Å². The molecular formula is C29H35N9O3. The van der Waals surface area contributed by atoms with E-state index in [1.807, 2.05) is 48.2 Å². The van der Waals surface area contributed by atoms with E-state index in [0.29, 0.717) is 22.9 Å². The Hall–Kier alpha value is -4.45. The molecule has 0 radical (unpaired) electrons. The molecule has 0 aliphatic carbocycles. The number of rotatable bonds is 8. The fraction of sp³-hybridized carbons (Fsp3) is 0.414. The molecule has 1 aliphatic rings. The fourth-order valence-corrected chi connectivity index (χ4v) is 4.89. The van der Waals surface area contributed by atoms with Crippen LogP contribution in [0.4, 0.5) is 5.82 Å². The topological polar surface area (TPSA) is 133 Å². The van der Waals surface area contributed by atoms with E-state index < -0.39 is 6.23 Å². The van der Waals surface area contributed by atoms with Crippen LogP contribution in [0.2, 0.25) is 0 Å². The lowest BCUT2D eigenvalue weighted by atomic mass is 10.0. The third kappa shape index (κ3) is 5.87. The van der Waals surface area contributed by atoms with Gasteiger partial charge in [0.05, 0.1) is 18.2 Å². The van der Waals surface area contributed by atoms with Crippen LogP contribution in [-0.4, -0.2) is 66.0 Å². The second kappa shape index (κ2) is 12.0. The highest BCUT2D eigenvalue weighted by Gasteiger charge is 2.30. The highest BCUT2D eigenvalue weighted by Crippen LogP contribution is 2.31. The van der Waals surface area contributed by atoms with E-state index in [4.69, 9.17) is 4.74 Å². The lowest BCUT2D eigenvalue weighted by molar-refractivity contribution is -0.158. The Morgan fingerprint density at radius 2 is 1.93 bits per heavy atom. The first kappa shape index (κ1) is 28.1. The number of ether oxygens (including phenoxy) is 1. The van der Waals surface area contributed by atoms with Gasteiger partial charge in [0.2, 0.25) is 12.1 Å². The summed E-state index contributed by atoms with van der Waals surface area (Å²) in [6.45, 7) is 8.87. The summed E-state index contributed by atoms with van der Waals surface area (Å²) in [6.07, 6.45) is 4.66. The zero-order valence-electron chi connectivity index (χ0n) is 24.0. The number of anilines is 1. The van der Waals surface area contributed by atoms with Gasteiger partial charge in [-0.1, -0.05) is 32.0 Å². The summed E-state index contributed by atoms with van der Waals surface area (Å²) in [5.41, 5.74) is 3.81. The maximum absolute atomic E-state index is 13.9. The largest absolute Gasteiger partial charge is 0.438 e. The van der Waals surface area contributed by atoms with Gasteiger partial charge in [-0.15, -0.1) is 15.0 Å². The second-order valence-electron chi connectivity index (χ2n) is 10.6. The Labute approximate surface area is 238 Å². The molecule has 0 unspecified atom stereocenters. The molecule has 12 nitrogen and oxygen atoms in total. The number of tetrazole rings is 1. The lowest BCUT2D eigenvalue weighted by Crippen LogP contribution is -2.49. The van der Waals surface area contributed by atoms with Crippen LogP contribution in [0.15, 0.2) is 48.8 Å². The molecule has 1 N–H and O–H groups in total. The lowest BCUT2D eigenvalue weighted by Gasteiger charge is -2.34. The van der Waals surface area contributed by atoms with Crippen LogP contribution in [0.25, 0.3) is 22.6 Å². The number of aromatic nitrogens is 7. The SMILES string of the molecule is Cc1cccnc1N(C(=O)c1ccc(-c2cnn(C)c2-c2nnn([C@@H](C)OC(=O)C(C)C)n2)cc1)[C@@H]1CCCNC1. The van der Waals surface area contributed by atoms with Gasteiger partial charge >= 0.3 is 5.97 Å². The van der Waals surface area contributed by atoms with Crippen molar-refractivity contribution < 1.29 is 14.3 Å². The van der Waals surface area contributed by atoms with Crippen LogP contribution in [-0.2, 0) is 16.6 Å². The Morgan fingerprint density at radius 1 is 1.15 bits per heavy atom. The molecule has 214 valence electrons.